The predicted octanol–water partition coefficient (Wildman–Crippen LogP) is 0.126. The average molecular weight is 271 g/mol. The van der Waals surface area contributed by atoms with Crippen LogP contribution in [-0.4, -0.2) is 24.1 Å². The van der Waals surface area contributed by atoms with Crippen LogP contribution in [0.3, 0.4) is 0 Å². The fourth-order valence-electron chi connectivity index (χ4n) is 2.21. The van der Waals surface area contributed by atoms with Gasteiger partial charge in [0.25, 0.3) is 5.56 Å². The molecule has 0 radical (unpaired) electrons. The molecule has 0 aliphatic rings. The van der Waals surface area contributed by atoms with Gasteiger partial charge in [-0.3, -0.25) is 13.9 Å². The first kappa shape index (κ1) is 12.3. The molecular formula is C13H13N5O2. The van der Waals surface area contributed by atoms with Gasteiger partial charge in [0, 0.05) is 14.1 Å². The largest absolute Gasteiger partial charge is 0.332 e. The van der Waals surface area contributed by atoms with Crippen molar-refractivity contribution in [2.75, 3.05) is 0 Å². The number of nitrogens with zero attached hydrogens (tertiary/aromatic N) is 5. The van der Waals surface area contributed by atoms with Crippen molar-refractivity contribution in [3.05, 3.63) is 50.7 Å². The van der Waals surface area contributed by atoms with Crippen LogP contribution in [0.5, 0.6) is 0 Å². The summed E-state index contributed by atoms with van der Waals surface area (Å²) in [7, 11) is 3.02. The van der Waals surface area contributed by atoms with Gasteiger partial charge in [-0.05, 0) is 24.6 Å². The SMILES string of the molecule is Cc1cccc(-n2nnc3c(=O)n(C)c(=O)n(C)c32)c1. The number of hydrogen-bond donors (Lipinski definition) is 0. The van der Waals surface area contributed by atoms with Gasteiger partial charge in [-0.25, -0.2) is 4.79 Å². The molecule has 3 aromatic rings. The van der Waals surface area contributed by atoms with Crippen LogP contribution in [0.1, 0.15) is 5.56 Å². The van der Waals surface area contributed by atoms with Crippen molar-refractivity contribution >= 4 is 11.2 Å². The highest BCUT2D eigenvalue weighted by atomic mass is 16.2. The van der Waals surface area contributed by atoms with Crippen molar-refractivity contribution in [3.63, 3.8) is 0 Å². The van der Waals surface area contributed by atoms with Crippen molar-refractivity contribution in [2.24, 2.45) is 14.1 Å². The van der Waals surface area contributed by atoms with E-state index in [4.69, 9.17) is 0 Å². The topological polar surface area (TPSA) is 74.7 Å². The van der Waals surface area contributed by atoms with Gasteiger partial charge in [-0.2, -0.15) is 4.68 Å². The summed E-state index contributed by atoms with van der Waals surface area (Å²) in [6.07, 6.45) is 0. The van der Waals surface area contributed by atoms with Crippen molar-refractivity contribution in [1.82, 2.24) is 24.1 Å². The van der Waals surface area contributed by atoms with Gasteiger partial charge in [0.15, 0.2) is 11.2 Å². The third-order valence-corrected chi connectivity index (χ3v) is 3.29. The zero-order valence-electron chi connectivity index (χ0n) is 11.4. The molecule has 1 aromatic carbocycles. The standard InChI is InChI=1S/C13H13N5O2/c1-8-5-4-6-9(7-8)18-11-10(14-15-18)12(19)17(3)13(20)16(11)2/h4-7H,1-3H3. The zero-order chi connectivity index (χ0) is 14.4. The summed E-state index contributed by atoms with van der Waals surface area (Å²) >= 11 is 0. The molecule has 20 heavy (non-hydrogen) atoms. The number of benzene rings is 1. The molecule has 7 nitrogen and oxygen atoms in total. The van der Waals surface area contributed by atoms with Crippen LogP contribution in [0.2, 0.25) is 0 Å². The lowest BCUT2D eigenvalue weighted by atomic mass is 10.2. The van der Waals surface area contributed by atoms with Crippen molar-refractivity contribution in [3.8, 4) is 5.69 Å². The smallest absolute Gasteiger partial charge is 0.279 e. The maximum Gasteiger partial charge on any atom is 0.332 e. The fourth-order valence-corrected chi connectivity index (χ4v) is 2.21. The Hall–Kier alpha value is -2.70. The maximum absolute atomic E-state index is 12.0. The van der Waals surface area contributed by atoms with E-state index in [1.54, 1.807) is 7.05 Å². The first-order valence-corrected chi connectivity index (χ1v) is 6.09. The normalized spacial score (nSPS) is 11.2. The highest BCUT2D eigenvalue weighted by Gasteiger charge is 2.16. The summed E-state index contributed by atoms with van der Waals surface area (Å²) in [5.41, 5.74) is 1.54. The molecule has 0 N–H and O–H groups in total. The van der Waals surface area contributed by atoms with Gasteiger partial charge in [0.1, 0.15) is 0 Å². The van der Waals surface area contributed by atoms with Crippen molar-refractivity contribution in [2.45, 2.75) is 6.92 Å². The van der Waals surface area contributed by atoms with E-state index in [-0.39, 0.29) is 5.52 Å². The quantitative estimate of drug-likeness (QED) is 0.630. The lowest BCUT2D eigenvalue weighted by Gasteiger charge is -2.07. The number of aryl methyl sites for hydroxylation is 2. The second-order valence-electron chi connectivity index (χ2n) is 4.72. The highest BCUT2D eigenvalue weighted by Crippen LogP contribution is 2.13. The molecule has 0 atom stereocenters. The van der Waals surface area contributed by atoms with Gasteiger partial charge in [-0.15, -0.1) is 5.10 Å². The molecule has 3 rings (SSSR count). The van der Waals surface area contributed by atoms with E-state index in [0.717, 1.165) is 15.8 Å². The minimum Gasteiger partial charge on any atom is -0.279 e. The molecule has 0 saturated heterocycles. The number of fused-ring (bicyclic) bond motifs is 1. The van der Waals surface area contributed by atoms with Crippen LogP contribution in [0.4, 0.5) is 0 Å². The first-order chi connectivity index (χ1) is 9.50. The second kappa shape index (κ2) is 4.16. The Balaban J connectivity index is 2.46. The summed E-state index contributed by atoms with van der Waals surface area (Å²) in [5, 5.41) is 7.91. The van der Waals surface area contributed by atoms with Crippen LogP contribution in [0.25, 0.3) is 16.9 Å². The van der Waals surface area contributed by atoms with E-state index in [1.807, 2.05) is 31.2 Å². The number of hydrogen-bond acceptors (Lipinski definition) is 4. The lowest BCUT2D eigenvalue weighted by molar-refractivity contribution is 0.698. The Bertz CT molecular complexity index is 932. The summed E-state index contributed by atoms with van der Waals surface area (Å²) in [6, 6.07) is 7.61. The third kappa shape index (κ3) is 1.59. The summed E-state index contributed by atoms with van der Waals surface area (Å²) < 4.78 is 3.90. The van der Waals surface area contributed by atoms with E-state index in [0.29, 0.717) is 5.65 Å². The number of aromatic nitrogens is 5. The molecule has 0 spiro atoms. The van der Waals surface area contributed by atoms with Crippen LogP contribution in [0.15, 0.2) is 33.9 Å². The van der Waals surface area contributed by atoms with Crippen molar-refractivity contribution in [1.29, 1.82) is 0 Å². The van der Waals surface area contributed by atoms with Gasteiger partial charge < -0.3 is 0 Å². The van der Waals surface area contributed by atoms with Gasteiger partial charge in [0.2, 0.25) is 0 Å². The van der Waals surface area contributed by atoms with Crippen LogP contribution < -0.4 is 11.2 Å². The number of rotatable bonds is 1. The van der Waals surface area contributed by atoms with Gasteiger partial charge >= 0.3 is 5.69 Å². The lowest BCUT2D eigenvalue weighted by Crippen LogP contribution is -2.37. The summed E-state index contributed by atoms with van der Waals surface area (Å²) in [6.45, 7) is 1.96. The molecule has 0 amide bonds. The summed E-state index contributed by atoms with van der Waals surface area (Å²) in [4.78, 5) is 24.1. The Morgan fingerprint density at radius 3 is 2.55 bits per heavy atom. The van der Waals surface area contributed by atoms with Gasteiger partial charge in [-0.1, -0.05) is 17.3 Å². The predicted molar refractivity (Wildman–Crippen MR) is 74.1 cm³/mol. The molecule has 0 fully saturated rings. The molecule has 2 aromatic heterocycles. The monoisotopic (exact) mass is 271 g/mol. The Kier molecular flexibility index (Phi) is 2.56. The maximum atomic E-state index is 12.0. The Morgan fingerprint density at radius 1 is 1.10 bits per heavy atom. The highest BCUT2D eigenvalue weighted by molar-refractivity contribution is 5.71. The summed E-state index contributed by atoms with van der Waals surface area (Å²) in [5.74, 6) is 0. The Labute approximate surface area is 113 Å². The molecule has 0 saturated carbocycles. The van der Waals surface area contributed by atoms with Crippen LogP contribution in [-0.2, 0) is 14.1 Å². The van der Waals surface area contributed by atoms with Crippen LogP contribution >= 0.6 is 0 Å². The van der Waals surface area contributed by atoms with E-state index >= 15 is 0 Å². The van der Waals surface area contributed by atoms with Crippen LogP contribution in [0, 0.1) is 6.92 Å². The molecule has 7 heteroatoms. The minimum absolute atomic E-state index is 0.177. The Morgan fingerprint density at radius 2 is 1.85 bits per heavy atom. The van der Waals surface area contributed by atoms with Crippen molar-refractivity contribution < 1.29 is 0 Å². The van der Waals surface area contributed by atoms with E-state index in [2.05, 4.69) is 10.3 Å². The minimum atomic E-state index is -0.443. The first-order valence-electron chi connectivity index (χ1n) is 6.09. The molecule has 0 bridgehead atoms. The molecule has 0 aliphatic heterocycles. The van der Waals surface area contributed by atoms with E-state index in [1.165, 1.54) is 16.3 Å². The van der Waals surface area contributed by atoms with Gasteiger partial charge in [0.05, 0.1) is 5.69 Å². The molecule has 102 valence electrons. The fraction of sp³-hybridized carbons (Fsp3) is 0.231. The van der Waals surface area contributed by atoms with E-state index < -0.39 is 11.2 Å². The average Bonchev–Trinajstić information content (AvgIpc) is 2.87. The zero-order valence-corrected chi connectivity index (χ0v) is 11.4. The molecule has 0 aliphatic carbocycles. The van der Waals surface area contributed by atoms with E-state index in [9.17, 15) is 9.59 Å². The molecular weight excluding hydrogens is 258 g/mol. The molecule has 0 unspecified atom stereocenters. The second-order valence-corrected chi connectivity index (χ2v) is 4.72. The molecule has 2 heterocycles. The third-order valence-electron chi connectivity index (χ3n) is 3.29.